The van der Waals surface area contributed by atoms with Gasteiger partial charge in [-0.2, -0.15) is 0 Å². The summed E-state index contributed by atoms with van der Waals surface area (Å²) in [6, 6.07) is 0.171. The number of hydrogen-bond donors (Lipinski definition) is 1. The van der Waals surface area contributed by atoms with E-state index in [0.29, 0.717) is 25.3 Å². The van der Waals surface area contributed by atoms with Crippen LogP contribution in [0.15, 0.2) is 0 Å². The fourth-order valence-corrected chi connectivity index (χ4v) is 3.15. The molecule has 0 aromatic heterocycles. The van der Waals surface area contributed by atoms with Crippen LogP contribution in [-0.4, -0.2) is 48.1 Å². The number of carbonyl (C=O) groups excluding carboxylic acids is 2. The number of nitrogens with one attached hydrogen (secondary N) is 1. The minimum atomic E-state index is -0.757. The highest BCUT2D eigenvalue weighted by atomic mass is 16.5. The number of hydrogen-bond acceptors (Lipinski definition) is 3. The van der Waals surface area contributed by atoms with Crippen LogP contribution in [0.4, 0.5) is 0 Å². The second kappa shape index (κ2) is 6.12. The zero-order valence-electron chi connectivity index (χ0n) is 12.8. The van der Waals surface area contributed by atoms with Gasteiger partial charge in [-0.1, -0.05) is 6.92 Å². The highest BCUT2D eigenvalue weighted by Gasteiger charge is 2.42. The molecular weight excluding hydrogens is 256 g/mol. The largest absolute Gasteiger partial charge is 0.381 e. The molecule has 2 heterocycles. The Labute approximate surface area is 121 Å². The first-order chi connectivity index (χ1) is 9.48. The summed E-state index contributed by atoms with van der Waals surface area (Å²) in [5.41, 5.74) is -0.757. The molecule has 2 rings (SSSR count). The lowest BCUT2D eigenvalue weighted by molar-refractivity contribution is -0.141. The van der Waals surface area contributed by atoms with Gasteiger partial charge in [0.1, 0.15) is 5.54 Å². The van der Waals surface area contributed by atoms with Crippen LogP contribution in [0.25, 0.3) is 0 Å². The maximum absolute atomic E-state index is 12.8. The van der Waals surface area contributed by atoms with Crippen LogP contribution in [0.2, 0.25) is 0 Å². The lowest BCUT2D eigenvalue weighted by atomic mass is 9.89. The van der Waals surface area contributed by atoms with E-state index < -0.39 is 5.54 Å². The summed E-state index contributed by atoms with van der Waals surface area (Å²) in [4.78, 5) is 26.6. The molecule has 2 atom stereocenters. The van der Waals surface area contributed by atoms with Crippen LogP contribution in [-0.2, 0) is 14.3 Å². The van der Waals surface area contributed by atoms with Crippen molar-refractivity contribution in [2.24, 2.45) is 5.92 Å². The maximum atomic E-state index is 12.8. The molecule has 2 fully saturated rings. The summed E-state index contributed by atoms with van der Waals surface area (Å²) < 4.78 is 5.40. The van der Waals surface area contributed by atoms with Crippen molar-refractivity contribution < 1.29 is 14.3 Å². The Morgan fingerprint density at radius 2 is 2.05 bits per heavy atom. The monoisotopic (exact) mass is 282 g/mol. The van der Waals surface area contributed by atoms with E-state index in [4.69, 9.17) is 4.74 Å². The topological polar surface area (TPSA) is 58.6 Å². The average molecular weight is 282 g/mol. The van der Waals surface area contributed by atoms with Crippen LogP contribution in [0.5, 0.6) is 0 Å². The van der Waals surface area contributed by atoms with Crippen molar-refractivity contribution in [3.05, 3.63) is 0 Å². The van der Waals surface area contributed by atoms with Crippen LogP contribution < -0.4 is 5.32 Å². The summed E-state index contributed by atoms with van der Waals surface area (Å²) in [5, 5.41) is 2.89. The minimum absolute atomic E-state index is 0.0237. The van der Waals surface area contributed by atoms with Gasteiger partial charge in [-0.25, -0.2) is 0 Å². The molecule has 1 N–H and O–H groups in total. The summed E-state index contributed by atoms with van der Waals surface area (Å²) in [5.74, 6) is 0.510. The Hall–Kier alpha value is -1.10. The first-order valence-electron chi connectivity index (χ1n) is 7.68. The van der Waals surface area contributed by atoms with E-state index in [1.54, 1.807) is 0 Å². The molecule has 2 aliphatic heterocycles. The van der Waals surface area contributed by atoms with Crippen LogP contribution in [0.3, 0.4) is 0 Å². The van der Waals surface area contributed by atoms with Gasteiger partial charge in [-0.05, 0) is 39.0 Å². The van der Waals surface area contributed by atoms with Gasteiger partial charge in [0.25, 0.3) is 0 Å². The predicted molar refractivity (Wildman–Crippen MR) is 76.2 cm³/mol. The van der Waals surface area contributed by atoms with E-state index in [-0.39, 0.29) is 17.9 Å². The highest BCUT2D eigenvalue weighted by molar-refractivity contribution is 5.93. The van der Waals surface area contributed by atoms with Crippen molar-refractivity contribution in [2.45, 2.75) is 58.0 Å². The molecule has 2 saturated heterocycles. The van der Waals surface area contributed by atoms with Crippen molar-refractivity contribution in [1.29, 1.82) is 0 Å². The Morgan fingerprint density at radius 1 is 1.40 bits per heavy atom. The average Bonchev–Trinajstić information content (AvgIpc) is 2.57. The summed E-state index contributed by atoms with van der Waals surface area (Å²) in [6.07, 6.45) is 3.01. The van der Waals surface area contributed by atoms with Gasteiger partial charge in [0, 0.05) is 32.2 Å². The van der Waals surface area contributed by atoms with Gasteiger partial charge >= 0.3 is 0 Å². The number of amides is 2. The number of rotatable bonds is 3. The molecule has 20 heavy (non-hydrogen) atoms. The smallest absolute Gasteiger partial charge is 0.248 e. The SMILES string of the molecule is CCC1(C)NC(=O)CCN(C(C)C2CCOCC2)C1=O. The van der Waals surface area contributed by atoms with E-state index >= 15 is 0 Å². The third kappa shape index (κ3) is 2.97. The molecule has 0 aromatic rings. The van der Waals surface area contributed by atoms with Gasteiger partial charge in [0.05, 0.1) is 0 Å². The van der Waals surface area contributed by atoms with Gasteiger partial charge in [0.2, 0.25) is 11.8 Å². The summed E-state index contributed by atoms with van der Waals surface area (Å²) in [6.45, 7) is 7.97. The molecule has 2 aliphatic rings. The van der Waals surface area contributed by atoms with E-state index in [9.17, 15) is 9.59 Å². The minimum Gasteiger partial charge on any atom is -0.381 e. The molecule has 2 amide bonds. The Kier molecular flexibility index (Phi) is 4.68. The van der Waals surface area contributed by atoms with Crippen molar-refractivity contribution in [3.8, 4) is 0 Å². The molecule has 5 heteroatoms. The molecule has 5 nitrogen and oxygen atoms in total. The zero-order chi connectivity index (χ0) is 14.8. The molecule has 2 unspecified atom stereocenters. The molecule has 0 bridgehead atoms. The van der Waals surface area contributed by atoms with Crippen molar-refractivity contribution >= 4 is 11.8 Å². The first-order valence-corrected chi connectivity index (χ1v) is 7.68. The second-order valence-electron chi connectivity index (χ2n) is 6.17. The fraction of sp³-hybridized carbons (Fsp3) is 0.867. The molecule has 0 aliphatic carbocycles. The first kappa shape index (κ1) is 15.3. The summed E-state index contributed by atoms with van der Waals surface area (Å²) in [7, 11) is 0. The Morgan fingerprint density at radius 3 is 2.65 bits per heavy atom. The third-order valence-corrected chi connectivity index (χ3v) is 4.87. The predicted octanol–water partition coefficient (Wildman–Crippen LogP) is 1.32. The molecular formula is C15H26N2O3. The van der Waals surface area contributed by atoms with Gasteiger partial charge in [0.15, 0.2) is 0 Å². The summed E-state index contributed by atoms with van der Waals surface area (Å²) >= 11 is 0. The Bertz CT molecular complexity index is 379. The van der Waals surface area contributed by atoms with Crippen LogP contribution in [0.1, 0.15) is 46.5 Å². The molecule has 0 saturated carbocycles. The number of nitrogens with zero attached hydrogens (tertiary/aromatic N) is 1. The van der Waals surface area contributed by atoms with Gasteiger partial charge in [-0.3, -0.25) is 9.59 Å². The number of ether oxygens (including phenoxy) is 1. The molecule has 0 spiro atoms. The van der Waals surface area contributed by atoms with E-state index in [0.717, 1.165) is 26.1 Å². The molecule has 0 aromatic carbocycles. The quantitative estimate of drug-likeness (QED) is 0.849. The fourth-order valence-electron chi connectivity index (χ4n) is 3.15. The van der Waals surface area contributed by atoms with Crippen LogP contribution >= 0.6 is 0 Å². The maximum Gasteiger partial charge on any atom is 0.248 e. The standard InChI is InChI=1S/C15H26N2O3/c1-4-15(3)14(19)17(8-5-13(18)16-15)11(2)12-6-9-20-10-7-12/h11-12H,4-10H2,1-3H3,(H,16,18). The van der Waals surface area contributed by atoms with Crippen molar-refractivity contribution in [3.63, 3.8) is 0 Å². The molecule has 0 radical (unpaired) electrons. The van der Waals surface area contributed by atoms with Crippen molar-refractivity contribution in [2.75, 3.05) is 19.8 Å². The zero-order valence-corrected chi connectivity index (χ0v) is 12.8. The van der Waals surface area contributed by atoms with E-state index in [1.807, 2.05) is 18.7 Å². The van der Waals surface area contributed by atoms with Gasteiger partial charge in [-0.15, -0.1) is 0 Å². The third-order valence-electron chi connectivity index (χ3n) is 4.87. The normalized spacial score (nSPS) is 30.9. The Balaban J connectivity index is 2.15. The van der Waals surface area contributed by atoms with Crippen molar-refractivity contribution in [1.82, 2.24) is 10.2 Å². The highest BCUT2D eigenvalue weighted by Crippen LogP contribution is 2.27. The second-order valence-corrected chi connectivity index (χ2v) is 6.17. The van der Waals surface area contributed by atoms with E-state index in [2.05, 4.69) is 12.2 Å². The lowest BCUT2D eigenvalue weighted by Gasteiger charge is -2.39. The van der Waals surface area contributed by atoms with E-state index in [1.165, 1.54) is 0 Å². The van der Waals surface area contributed by atoms with Crippen LogP contribution in [0, 0.1) is 5.92 Å². The number of carbonyl (C=O) groups is 2. The molecule has 114 valence electrons. The van der Waals surface area contributed by atoms with Gasteiger partial charge < -0.3 is 15.0 Å². The lowest BCUT2D eigenvalue weighted by Crippen LogP contribution is -2.57.